The first-order chi connectivity index (χ1) is 7.42. The first kappa shape index (κ1) is 12.0. The van der Waals surface area contributed by atoms with Crippen LogP contribution in [0.2, 0.25) is 0 Å². The van der Waals surface area contributed by atoms with Crippen LogP contribution < -0.4 is 4.74 Å². The average Bonchev–Trinajstić information content (AvgIpc) is 2.27. The fourth-order valence-electron chi connectivity index (χ4n) is 1.26. The Kier molecular flexibility index (Phi) is 3.17. The van der Waals surface area contributed by atoms with Gasteiger partial charge >= 0.3 is 11.9 Å². The number of methoxy groups -OCH3 is 1. The molecule has 0 saturated heterocycles. The number of carbonyl (C=O) groups is 2. The fraction of sp³-hybridized carbons (Fsp3) is 0.273. The van der Waals surface area contributed by atoms with Gasteiger partial charge in [-0.2, -0.15) is 0 Å². The molecule has 0 amide bonds. The third kappa shape index (κ3) is 1.84. The smallest absolute Gasteiger partial charge is 0.325 e. The van der Waals surface area contributed by atoms with Crippen LogP contribution in [-0.4, -0.2) is 29.3 Å². The average molecular weight is 224 g/mol. The molecule has 0 bridgehead atoms. The van der Waals surface area contributed by atoms with Crippen molar-refractivity contribution in [1.29, 1.82) is 0 Å². The minimum Gasteiger partial charge on any atom is -0.497 e. The van der Waals surface area contributed by atoms with Crippen LogP contribution in [0, 0.1) is 0 Å². The highest BCUT2D eigenvalue weighted by Crippen LogP contribution is 2.26. The van der Waals surface area contributed by atoms with Gasteiger partial charge in [0.25, 0.3) is 0 Å². The van der Waals surface area contributed by atoms with Gasteiger partial charge in [-0.05, 0) is 24.6 Å². The fourth-order valence-corrected chi connectivity index (χ4v) is 1.26. The van der Waals surface area contributed by atoms with E-state index in [-0.39, 0.29) is 5.56 Å². The second-order valence-corrected chi connectivity index (χ2v) is 3.46. The predicted octanol–water partition coefficient (Wildman–Crippen LogP) is 1.12. The van der Waals surface area contributed by atoms with Gasteiger partial charge in [0, 0.05) is 0 Å². The lowest BCUT2D eigenvalue weighted by Gasteiger charge is -2.20. The highest BCUT2D eigenvalue weighted by molar-refractivity contribution is 6.04. The summed E-state index contributed by atoms with van der Waals surface area (Å²) in [7, 11) is 1.47. The molecule has 0 fully saturated rings. The maximum Gasteiger partial charge on any atom is 0.325 e. The van der Waals surface area contributed by atoms with Gasteiger partial charge in [0.2, 0.25) is 0 Å². The van der Waals surface area contributed by atoms with E-state index >= 15 is 0 Å². The van der Waals surface area contributed by atoms with Crippen molar-refractivity contribution in [3.05, 3.63) is 29.8 Å². The molecule has 0 radical (unpaired) electrons. The molecule has 2 N–H and O–H groups in total. The van der Waals surface area contributed by atoms with Gasteiger partial charge in [0.15, 0.2) is 5.41 Å². The maximum absolute atomic E-state index is 11.0. The molecular weight excluding hydrogens is 212 g/mol. The van der Waals surface area contributed by atoms with Crippen LogP contribution in [0.1, 0.15) is 12.5 Å². The minimum absolute atomic E-state index is 0.202. The molecule has 86 valence electrons. The Hall–Kier alpha value is -2.04. The largest absolute Gasteiger partial charge is 0.497 e. The van der Waals surface area contributed by atoms with Gasteiger partial charge in [-0.15, -0.1) is 0 Å². The summed E-state index contributed by atoms with van der Waals surface area (Å²) >= 11 is 0. The normalized spacial score (nSPS) is 10.9. The zero-order valence-electron chi connectivity index (χ0n) is 8.93. The third-order valence-corrected chi connectivity index (χ3v) is 2.52. The van der Waals surface area contributed by atoms with Crippen molar-refractivity contribution in [2.45, 2.75) is 12.3 Å². The lowest BCUT2D eigenvalue weighted by atomic mass is 9.83. The number of aliphatic carboxylic acids is 2. The summed E-state index contributed by atoms with van der Waals surface area (Å²) in [5, 5.41) is 17.9. The first-order valence-electron chi connectivity index (χ1n) is 4.54. The zero-order valence-corrected chi connectivity index (χ0v) is 8.93. The molecule has 1 aromatic rings. The van der Waals surface area contributed by atoms with Crippen LogP contribution in [0.5, 0.6) is 5.75 Å². The van der Waals surface area contributed by atoms with Gasteiger partial charge in [-0.3, -0.25) is 9.59 Å². The third-order valence-electron chi connectivity index (χ3n) is 2.52. The number of carboxylic acids is 2. The molecular formula is C11H12O5. The summed E-state index contributed by atoms with van der Waals surface area (Å²) in [6, 6.07) is 5.92. The van der Waals surface area contributed by atoms with Crippen molar-refractivity contribution < 1.29 is 24.5 Å². The summed E-state index contributed by atoms with van der Waals surface area (Å²) in [6.07, 6.45) is 0. The molecule has 0 spiro atoms. The van der Waals surface area contributed by atoms with Crippen molar-refractivity contribution >= 4 is 11.9 Å². The summed E-state index contributed by atoms with van der Waals surface area (Å²) in [4.78, 5) is 22.0. The van der Waals surface area contributed by atoms with Crippen molar-refractivity contribution in [3.8, 4) is 5.75 Å². The van der Waals surface area contributed by atoms with E-state index in [1.54, 1.807) is 0 Å². The molecule has 0 atom stereocenters. The number of ether oxygens (including phenoxy) is 1. The summed E-state index contributed by atoms with van der Waals surface area (Å²) in [5.41, 5.74) is -1.74. The molecule has 16 heavy (non-hydrogen) atoms. The Balaban J connectivity index is 3.22. The van der Waals surface area contributed by atoms with E-state index in [4.69, 9.17) is 14.9 Å². The highest BCUT2D eigenvalue weighted by atomic mass is 16.5. The van der Waals surface area contributed by atoms with E-state index in [1.165, 1.54) is 31.4 Å². The molecule has 0 aliphatic rings. The van der Waals surface area contributed by atoms with Crippen molar-refractivity contribution in [3.63, 3.8) is 0 Å². The monoisotopic (exact) mass is 224 g/mol. The summed E-state index contributed by atoms with van der Waals surface area (Å²) in [5.74, 6) is -2.25. The van der Waals surface area contributed by atoms with Gasteiger partial charge in [0.1, 0.15) is 5.75 Å². The van der Waals surface area contributed by atoms with E-state index in [0.29, 0.717) is 5.75 Å². The number of carboxylic acid groups (broad SMARTS) is 2. The van der Waals surface area contributed by atoms with Crippen LogP contribution in [-0.2, 0) is 15.0 Å². The van der Waals surface area contributed by atoms with Crippen molar-refractivity contribution in [2.24, 2.45) is 0 Å². The van der Waals surface area contributed by atoms with E-state index in [0.717, 1.165) is 6.92 Å². The quantitative estimate of drug-likeness (QED) is 0.749. The molecule has 0 aliphatic carbocycles. The van der Waals surface area contributed by atoms with Crippen LogP contribution >= 0.6 is 0 Å². The Labute approximate surface area is 92.3 Å². The Morgan fingerprint density at radius 2 is 1.56 bits per heavy atom. The molecule has 0 aliphatic heterocycles. The van der Waals surface area contributed by atoms with Crippen LogP contribution in [0.25, 0.3) is 0 Å². The first-order valence-corrected chi connectivity index (χ1v) is 4.54. The molecule has 1 aromatic carbocycles. The number of hydrogen-bond donors (Lipinski definition) is 2. The maximum atomic E-state index is 11.0. The lowest BCUT2D eigenvalue weighted by molar-refractivity contribution is -0.156. The van der Waals surface area contributed by atoms with Gasteiger partial charge in [0.05, 0.1) is 7.11 Å². The molecule has 1 rings (SSSR count). The van der Waals surface area contributed by atoms with E-state index in [9.17, 15) is 9.59 Å². The molecule has 0 heterocycles. The molecule has 0 unspecified atom stereocenters. The number of rotatable bonds is 4. The second-order valence-electron chi connectivity index (χ2n) is 3.46. The number of benzene rings is 1. The Bertz CT molecular complexity index is 393. The van der Waals surface area contributed by atoms with Gasteiger partial charge < -0.3 is 14.9 Å². The number of hydrogen-bond acceptors (Lipinski definition) is 3. The zero-order chi connectivity index (χ0) is 12.3. The van der Waals surface area contributed by atoms with Crippen molar-refractivity contribution in [1.82, 2.24) is 0 Å². The second kappa shape index (κ2) is 4.22. The summed E-state index contributed by atoms with van der Waals surface area (Å²) < 4.78 is 4.91. The van der Waals surface area contributed by atoms with Gasteiger partial charge in [-0.25, -0.2) is 0 Å². The van der Waals surface area contributed by atoms with E-state index in [1.807, 2.05) is 0 Å². The lowest BCUT2D eigenvalue weighted by Crippen LogP contribution is -2.40. The van der Waals surface area contributed by atoms with E-state index in [2.05, 4.69) is 0 Å². The Morgan fingerprint density at radius 3 is 1.88 bits per heavy atom. The minimum atomic E-state index is -1.94. The molecule has 0 saturated carbocycles. The summed E-state index contributed by atoms with van der Waals surface area (Å²) in [6.45, 7) is 1.15. The topological polar surface area (TPSA) is 83.8 Å². The molecule has 0 aromatic heterocycles. The highest BCUT2D eigenvalue weighted by Gasteiger charge is 2.43. The standard InChI is InChI=1S/C11H12O5/c1-11(9(12)13,10(14)15)7-3-5-8(16-2)6-4-7/h3-6H,1-2H3,(H,12,13)(H,14,15). The van der Waals surface area contributed by atoms with Gasteiger partial charge in [-0.1, -0.05) is 12.1 Å². The Morgan fingerprint density at radius 1 is 1.12 bits per heavy atom. The van der Waals surface area contributed by atoms with Crippen molar-refractivity contribution in [2.75, 3.05) is 7.11 Å². The SMILES string of the molecule is COc1ccc(C(C)(C(=O)O)C(=O)O)cc1. The molecule has 5 heteroatoms. The van der Waals surface area contributed by atoms with Crippen LogP contribution in [0.4, 0.5) is 0 Å². The van der Waals surface area contributed by atoms with Crippen LogP contribution in [0.15, 0.2) is 24.3 Å². The molecule has 5 nitrogen and oxygen atoms in total. The predicted molar refractivity (Wildman–Crippen MR) is 55.6 cm³/mol. The van der Waals surface area contributed by atoms with Crippen LogP contribution in [0.3, 0.4) is 0 Å². The van der Waals surface area contributed by atoms with E-state index < -0.39 is 17.4 Å².